The molecule has 2 rings (SSSR count). The average molecular weight is 308 g/mol. The molecule has 0 aliphatic heterocycles. The zero-order valence-corrected chi connectivity index (χ0v) is 11.3. The fourth-order valence-electron chi connectivity index (χ4n) is 1.54. The highest BCUT2D eigenvalue weighted by molar-refractivity contribution is 6.32. The minimum absolute atomic E-state index is 0.00510. The molecule has 1 heterocycles. The Morgan fingerprint density at radius 3 is 2.57 bits per heavy atom. The van der Waals surface area contributed by atoms with Gasteiger partial charge in [-0.3, -0.25) is 20.8 Å². The molecule has 0 bridgehead atoms. The van der Waals surface area contributed by atoms with Crippen molar-refractivity contribution >= 4 is 34.6 Å². The summed E-state index contributed by atoms with van der Waals surface area (Å²) in [6.07, 6.45) is 1.39. The van der Waals surface area contributed by atoms with Crippen molar-refractivity contribution in [2.45, 2.75) is 0 Å². The first kappa shape index (κ1) is 14.7. The van der Waals surface area contributed by atoms with E-state index in [2.05, 4.69) is 15.7 Å². The van der Waals surface area contributed by atoms with Crippen LogP contribution in [0.4, 0.5) is 17.1 Å². The highest BCUT2D eigenvalue weighted by Crippen LogP contribution is 2.27. The van der Waals surface area contributed by atoms with Crippen molar-refractivity contribution < 1.29 is 9.72 Å². The number of carbonyl (C=O) groups excluding carboxylic acids is 1. The molecule has 0 unspecified atom stereocenters. The van der Waals surface area contributed by atoms with E-state index in [0.29, 0.717) is 5.69 Å². The van der Waals surface area contributed by atoms with Gasteiger partial charge in [0.25, 0.3) is 11.6 Å². The Balaban J connectivity index is 2.19. The molecule has 21 heavy (non-hydrogen) atoms. The number of nitro groups is 1. The van der Waals surface area contributed by atoms with Gasteiger partial charge in [-0.2, -0.15) is 0 Å². The van der Waals surface area contributed by atoms with Crippen molar-refractivity contribution in [2.24, 2.45) is 5.84 Å². The average Bonchev–Trinajstić information content (AvgIpc) is 2.49. The third-order valence-electron chi connectivity index (χ3n) is 2.56. The molecule has 0 saturated heterocycles. The summed E-state index contributed by atoms with van der Waals surface area (Å²) in [7, 11) is 0. The molecule has 108 valence electrons. The van der Waals surface area contributed by atoms with Gasteiger partial charge in [0.15, 0.2) is 0 Å². The van der Waals surface area contributed by atoms with Crippen molar-refractivity contribution in [3.05, 3.63) is 57.4 Å². The lowest BCUT2D eigenvalue weighted by Gasteiger charge is -2.06. The van der Waals surface area contributed by atoms with Crippen LogP contribution in [-0.4, -0.2) is 15.8 Å². The molecule has 4 N–H and O–H groups in total. The minimum atomic E-state index is -0.627. The van der Waals surface area contributed by atoms with E-state index in [1.165, 1.54) is 30.5 Å². The van der Waals surface area contributed by atoms with Crippen LogP contribution in [0.5, 0.6) is 0 Å². The normalized spacial score (nSPS) is 10.0. The van der Waals surface area contributed by atoms with Gasteiger partial charge in [0.05, 0.1) is 16.8 Å². The number of hydrogen-bond donors (Lipinski definition) is 3. The van der Waals surface area contributed by atoms with E-state index in [4.69, 9.17) is 17.4 Å². The predicted molar refractivity (Wildman–Crippen MR) is 78.1 cm³/mol. The van der Waals surface area contributed by atoms with Crippen LogP contribution in [0.25, 0.3) is 0 Å². The van der Waals surface area contributed by atoms with Crippen LogP contribution >= 0.6 is 11.6 Å². The van der Waals surface area contributed by atoms with E-state index in [1.54, 1.807) is 6.07 Å². The summed E-state index contributed by atoms with van der Waals surface area (Å²) in [5, 5.41) is 13.3. The minimum Gasteiger partial charge on any atom is -0.323 e. The topological polar surface area (TPSA) is 123 Å². The van der Waals surface area contributed by atoms with E-state index in [1.807, 2.05) is 0 Å². The number of rotatable bonds is 4. The number of nitrogens with two attached hydrogens (primary N) is 1. The Hall–Kier alpha value is -2.71. The first-order chi connectivity index (χ1) is 10.0. The van der Waals surface area contributed by atoms with Crippen molar-refractivity contribution in [1.82, 2.24) is 4.98 Å². The van der Waals surface area contributed by atoms with Gasteiger partial charge < -0.3 is 10.7 Å². The standard InChI is InChI=1S/C12H10ClN5O3/c13-9-3-1-7(5-11(9)18(20)21)16-12(19)10-4-2-8(17-14)6-15-10/h1-6,17H,14H2,(H,16,19). The zero-order valence-electron chi connectivity index (χ0n) is 10.5. The van der Waals surface area contributed by atoms with Gasteiger partial charge in [-0.25, -0.2) is 4.98 Å². The molecule has 1 aromatic heterocycles. The molecular formula is C12H10ClN5O3. The maximum absolute atomic E-state index is 12.0. The molecule has 9 heteroatoms. The Bertz CT molecular complexity index is 690. The number of halogens is 1. The summed E-state index contributed by atoms with van der Waals surface area (Å²) in [5.41, 5.74) is 3.04. The second-order valence-electron chi connectivity index (χ2n) is 3.95. The highest BCUT2D eigenvalue weighted by Gasteiger charge is 2.14. The van der Waals surface area contributed by atoms with Crippen molar-refractivity contribution in [2.75, 3.05) is 10.7 Å². The van der Waals surface area contributed by atoms with Crippen molar-refractivity contribution in [3.63, 3.8) is 0 Å². The summed E-state index contributed by atoms with van der Waals surface area (Å²) in [6, 6.07) is 7.02. The molecule has 0 saturated carbocycles. The highest BCUT2D eigenvalue weighted by atomic mass is 35.5. The number of nitro benzene ring substituents is 1. The number of nitrogens with zero attached hydrogens (tertiary/aromatic N) is 2. The Morgan fingerprint density at radius 1 is 1.29 bits per heavy atom. The van der Waals surface area contributed by atoms with Crippen LogP contribution < -0.4 is 16.6 Å². The van der Waals surface area contributed by atoms with Gasteiger partial charge in [0, 0.05) is 11.8 Å². The molecule has 0 fully saturated rings. The van der Waals surface area contributed by atoms with Crippen LogP contribution in [0, 0.1) is 10.1 Å². The maximum Gasteiger partial charge on any atom is 0.289 e. The zero-order chi connectivity index (χ0) is 15.4. The van der Waals surface area contributed by atoms with Crippen molar-refractivity contribution in [3.8, 4) is 0 Å². The van der Waals surface area contributed by atoms with Gasteiger partial charge in [-0.15, -0.1) is 0 Å². The molecular weight excluding hydrogens is 298 g/mol. The first-order valence-electron chi connectivity index (χ1n) is 5.69. The summed E-state index contributed by atoms with van der Waals surface area (Å²) < 4.78 is 0. The number of aromatic nitrogens is 1. The summed E-state index contributed by atoms with van der Waals surface area (Å²) in [4.78, 5) is 26.0. The third-order valence-corrected chi connectivity index (χ3v) is 2.88. The largest absolute Gasteiger partial charge is 0.323 e. The van der Waals surface area contributed by atoms with Crippen LogP contribution in [0.2, 0.25) is 5.02 Å². The van der Waals surface area contributed by atoms with E-state index in [0.717, 1.165) is 0 Å². The Morgan fingerprint density at radius 2 is 2.00 bits per heavy atom. The monoisotopic (exact) mass is 307 g/mol. The lowest BCUT2D eigenvalue weighted by molar-refractivity contribution is -0.384. The maximum atomic E-state index is 12.0. The lowest BCUT2D eigenvalue weighted by atomic mass is 10.2. The number of nitrogens with one attached hydrogen (secondary N) is 2. The molecule has 0 spiro atoms. The SMILES string of the molecule is NNc1ccc(C(=O)Nc2ccc(Cl)c([N+](=O)[O-])c2)nc1. The number of pyridine rings is 1. The van der Waals surface area contributed by atoms with Crippen LogP contribution in [0.15, 0.2) is 36.5 Å². The fourth-order valence-corrected chi connectivity index (χ4v) is 1.73. The molecule has 0 aliphatic rings. The quantitative estimate of drug-likeness (QED) is 0.452. The summed E-state index contributed by atoms with van der Waals surface area (Å²) >= 11 is 5.69. The van der Waals surface area contributed by atoms with E-state index in [9.17, 15) is 14.9 Å². The van der Waals surface area contributed by atoms with Gasteiger partial charge in [0.1, 0.15) is 10.7 Å². The lowest BCUT2D eigenvalue weighted by Crippen LogP contribution is -2.14. The number of hydrogen-bond acceptors (Lipinski definition) is 6. The number of benzene rings is 1. The fraction of sp³-hybridized carbons (Fsp3) is 0. The number of nitrogen functional groups attached to an aromatic ring is 1. The molecule has 0 aliphatic carbocycles. The number of carbonyl (C=O) groups is 1. The van der Waals surface area contributed by atoms with Gasteiger partial charge >= 0.3 is 0 Å². The molecule has 0 atom stereocenters. The molecule has 2 aromatic rings. The first-order valence-corrected chi connectivity index (χ1v) is 6.07. The Labute approximate surface area is 124 Å². The van der Waals surface area contributed by atoms with E-state index in [-0.39, 0.29) is 22.1 Å². The number of hydrazine groups is 1. The van der Waals surface area contributed by atoms with Gasteiger partial charge in [-0.1, -0.05) is 11.6 Å². The molecule has 8 nitrogen and oxygen atoms in total. The molecule has 0 radical (unpaired) electrons. The smallest absolute Gasteiger partial charge is 0.289 e. The molecule has 1 amide bonds. The van der Waals surface area contributed by atoms with Gasteiger partial charge in [-0.05, 0) is 24.3 Å². The third kappa shape index (κ3) is 3.44. The van der Waals surface area contributed by atoms with E-state index >= 15 is 0 Å². The summed E-state index contributed by atoms with van der Waals surface area (Å²) in [6.45, 7) is 0. The van der Waals surface area contributed by atoms with Crippen LogP contribution in [0.1, 0.15) is 10.5 Å². The summed E-state index contributed by atoms with van der Waals surface area (Å²) in [5.74, 6) is 4.69. The predicted octanol–water partition coefficient (Wildman–Crippen LogP) is 2.18. The second kappa shape index (κ2) is 6.16. The number of anilines is 2. The van der Waals surface area contributed by atoms with E-state index < -0.39 is 10.8 Å². The second-order valence-corrected chi connectivity index (χ2v) is 4.36. The van der Waals surface area contributed by atoms with Crippen LogP contribution in [-0.2, 0) is 0 Å². The van der Waals surface area contributed by atoms with Crippen molar-refractivity contribution in [1.29, 1.82) is 0 Å². The molecule has 1 aromatic carbocycles. The van der Waals surface area contributed by atoms with Crippen LogP contribution in [0.3, 0.4) is 0 Å². The number of amides is 1. The van der Waals surface area contributed by atoms with Gasteiger partial charge in [0.2, 0.25) is 0 Å². The Kier molecular flexibility index (Phi) is 4.31.